The van der Waals surface area contributed by atoms with Crippen LogP contribution in [0.4, 0.5) is 0 Å². The Balaban J connectivity index is 2.46. The molecule has 2 nitrogen and oxygen atoms in total. The van der Waals surface area contributed by atoms with Gasteiger partial charge in [0.25, 0.3) is 0 Å². The second-order valence-electron chi connectivity index (χ2n) is 4.12. The summed E-state index contributed by atoms with van der Waals surface area (Å²) in [4.78, 5) is 11.4. The molecule has 0 N–H and O–H groups in total. The standard InChI is InChI=1S/C13H16O2/c1-2-7-13(10-14)8-9-15-12-6-4-3-5-11(12)13/h3-6,10H,2,7-9H2,1H3. The third-order valence-corrected chi connectivity index (χ3v) is 3.15. The minimum atomic E-state index is -0.302. The van der Waals surface area contributed by atoms with Crippen LogP contribution in [0.25, 0.3) is 0 Å². The van der Waals surface area contributed by atoms with Gasteiger partial charge >= 0.3 is 0 Å². The molecule has 15 heavy (non-hydrogen) atoms. The van der Waals surface area contributed by atoms with E-state index in [4.69, 9.17) is 4.74 Å². The van der Waals surface area contributed by atoms with Crippen molar-refractivity contribution in [2.75, 3.05) is 6.61 Å². The monoisotopic (exact) mass is 204 g/mol. The van der Waals surface area contributed by atoms with Crippen molar-refractivity contribution in [1.29, 1.82) is 0 Å². The predicted octanol–water partition coefficient (Wildman–Crippen LogP) is 2.71. The molecule has 0 saturated carbocycles. The van der Waals surface area contributed by atoms with Gasteiger partial charge < -0.3 is 9.53 Å². The molecule has 0 aromatic heterocycles. The van der Waals surface area contributed by atoms with Crippen molar-refractivity contribution in [2.45, 2.75) is 31.6 Å². The topological polar surface area (TPSA) is 26.3 Å². The Morgan fingerprint density at radius 2 is 2.27 bits per heavy atom. The molecule has 1 heterocycles. The second-order valence-corrected chi connectivity index (χ2v) is 4.12. The highest BCUT2D eigenvalue weighted by Crippen LogP contribution is 2.40. The van der Waals surface area contributed by atoms with Gasteiger partial charge in [-0.25, -0.2) is 0 Å². The van der Waals surface area contributed by atoms with Crippen LogP contribution in [0, 0.1) is 0 Å². The minimum absolute atomic E-state index is 0.302. The number of benzene rings is 1. The van der Waals surface area contributed by atoms with Crippen molar-refractivity contribution in [3.05, 3.63) is 29.8 Å². The summed E-state index contributed by atoms with van der Waals surface area (Å²) in [7, 11) is 0. The number of para-hydroxylation sites is 1. The number of aldehydes is 1. The normalized spacial score (nSPS) is 24.1. The van der Waals surface area contributed by atoms with Crippen LogP contribution in [0.15, 0.2) is 24.3 Å². The lowest BCUT2D eigenvalue weighted by atomic mass is 9.74. The van der Waals surface area contributed by atoms with E-state index >= 15 is 0 Å². The highest BCUT2D eigenvalue weighted by Gasteiger charge is 2.36. The second kappa shape index (κ2) is 4.05. The Bertz CT molecular complexity index is 359. The molecule has 0 amide bonds. The van der Waals surface area contributed by atoms with Crippen molar-refractivity contribution < 1.29 is 9.53 Å². The Morgan fingerprint density at radius 3 is 3.00 bits per heavy atom. The molecule has 2 rings (SSSR count). The summed E-state index contributed by atoms with van der Waals surface area (Å²) < 4.78 is 5.57. The van der Waals surface area contributed by atoms with E-state index in [1.807, 2.05) is 24.3 Å². The lowest BCUT2D eigenvalue weighted by Gasteiger charge is -2.34. The summed E-state index contributed by atoms with van der Waals surface area (Å²) in [6.07, 6.45) is 3.85. The number of rotatable bonds is 3. The van der Waals surface area contributed by atoms with Crippen LogP contribution in [0.5, 0.6) is 5.75 Å². The van der Waals surface area contributed by atoms with E-state index in [1.165, 1.54) is 0 Å². The van der Waals surface area contributed by atoms with Gasteiger partial charge in [-0.1, -0.05) is 31.5 Å². The summed E-state index contributed by atoms with van der Waals surface area (Å²) in [5.74, 6) is 0.879. The zero-order valence-corrected chi connectivity index (χ0v) is 9.03. The fourth-order valence-electron chi connectivity index (χ4n) is 2.37. The molecule has 1 aliphatic heterocycles. The van der Waals surface area contributed by atoms with E-state index in [9.17, 15) is 4.79 Å². The molecular formula is C13H16O2. The van der Waals surface area contributed by atoms with Crippen LogP contribution in [-0.4, -0.2) is 12.9 Å². The maximum atomic E-state index is 11.4. The van der Waals surface area contributed by atoms with Gasteiger partial charge in [-0.15, -0.1) is 0 Å². The Morgan fingerprint density at radius 1 is 1.47 bits per heavy atom. The smallest absolute Gasteiger partial charge is 0.130 e. The van der Waals surface area contributed by atoms with E-state index in [1.54, 1.807) is 0 Å². The minimum Gasteiger partial charge on any atom is -0.493 e. The molecule has 0 radical (unpaired) electrons. The van der Waals surface area contributed by atoms with Gasteiger partial charge in [0.1, 0.15) is 12.0 Å². The average Bonchev–Trinajstić information content (AvgIpc) is 2.30. The van der Waals surface area contributed by atoms with Crippen LogP contribution < -0.4 is 4.74 Å². The van der Waals surface area contributed by atoms with Gasteiger partial charge in [0.15, 0.2) is 0 Å². The number of fused-ring (bicyclic) bond motifs is 1. The quantitative estimate of drug-likeness (QED) is 0.707. The molecule has 0 aliphatic carbocycles. The van der Waals surface area contributed by atoms with Crippen LogP contribution in [0.1, 0.15) is 31.7 Å². The van der Waals surface area contributed by atoms with E-state index in [2.05, 4.69) is 6.92 Å². The maximum Gasteiger partial charge on any atom is 0.130 e. The first kappa shape index (κ1) is 10.2. The molecule has 0 fully saturated rings. The molecule has 0 spiro atoms. The third-order valence-electron chi connectivity index (χ3n) is 3.15. The molecule has 2 heteroatoms. The summed E-state index contributed by atoms with van der Waals surface area (Å²) >= 11 is 0. The zero-order valence-electron chi connectivity index (χ0n) is 9.03. The van der Waals surface area contributed by atoms with Crippen molar-refractivity contribution in [2.24, 2.45) is 0 Å². The first-order chi connectivity index (χ1) is 7.32. The van der Waals surface area contributed by atoms with E-state index < -0.39 is 0 Å². The van der Waals surface area contributed by atoms with Gasteiger partial charge in [0, 0.05) is 5.56 Å². The number of hydrogen-bond acceptors (Lipinski definition) is 2. The highest BCUT2D eigenvalue weighted by molar-refractivity contribution is 5.71. The Hall–Kier alpha value is -1.31. The Labute approximate surface area is 90.3 Å². The van der Waals surface area contributed by atoms with Gasteiger partial charge in [-0.2, -0.15) is 0 Å². The van der Waals surface area contributed by atoms with Gasteiger partial charge in [-0.05, 0) is 18.9 Å². The first-order valence-electron chi connectivity index (χ1n) is 5.51. The lowest BCUT2D eigenvalue weighted by Crippen LogP contribution is -2.34. The van der Waals surface area contributed by atoms with E-state index in [0.717, 1.165) is 36.9 Å². The van der Waals surface area contributed by atoms with Crippen molar-refractivity contribution in [3.8, 4) is 5.75 Å². The molecule has 1 unspecified atom stereocenters. The van der Waals surface area contributed by atoms with Crippen LogP contribution in [0.2, 0.25) is 0 Å². The Kier molecular flexibility index (Phi) is 2.76. The van der Waals surface area contributed by atoms with Gasteiger partial charge in [0.05, 0.1) is 12.0 Å². The van der Waals surface area contributed by atoms with Crippen LogP contribution in [-0.2, 0) is 10.2 Å². The first-order valence-corrected chi connectivity index (χ1v) is 5.51. The molecule has 1 aromatic rings. The number of hydrogen-bond donors (Lipinski definition) is 0. The molecule has 1 aliphatic rings. The molecular weight excluding hydrogens is 188 g/mol. The van der Waals surface area contributed by atoms with E-state index in [0.29, 0.717) is 6.61 Å². The van der Waals surface area contributed by atoms with Crippen LogP contribution in [0.3, 0.4) is 0 Å². The van der Waals surface area contributed by atoms with E-state index in [-0.39, 0.29) is 5.41 Å². The molecule has 0 bridgehead atoms. The number of carbonyl (C=O) groups excluding carboxylic acids is 1. The van der Waals surface area contributed by atoms with Crippen molar-refractivity contribution in [3.63, 3.8) is 0 Å². The summed E-state index contributed by atoms with van der Waals surface area (Å²) in [5, 5.41) is 0. The summed E-state index contributed by atoms with van der Waals surface area (Å²) in [6.45, 7) is 2.76. The van der Waals surface area contributed by atoms with Gasteiger partial charge in [0.2, 0.25) is 0 Å². The largest absolute Gasteiger partial charge is 0.493 e. The molecule has 1 aromatic carbocycles. The predicted molar refractivity (Wildman–Crippen MR) is 59.2 cm³/mol. The molecule has 80 valence electrons. The third kappa shape index (κ3) is 1.65. The average molecular weight is 204 g/mol. The van der Waals surface area contributed by atoms with Crippen molar-refractivity contribution in [1.82, 2.24) is 0 Å². The SMILES string of the molecule is CCCC1(C=O)CCOc2ccccc21. The zero-order chi connectivity index (χ0) is 10.7. The molecule has 0 saturated heterocycles. The number of carbonyl (C=O) groups is 1. The van der Waals surface area contributed by atoms with Crippen LogP contribution >= 0.6 is 0 Å². The fraction of sp³-hybridized carbons (Fsp3) is 0.462. The maximum absolute atomic E-state index is 11.4. The number of ether oxygens (including phenoxy) is 1. The fourth-order valence-corrected chi connectivity index (χ4v) is 2.37. The van der Waals surface area contributed by atoms with Crippen molar-refractivity contribution >= 4 is 6.29 Å². The highest BCUT2D eigenvalue weighted by atomic mass is 16.5. The summed E-state index contributed by atoms with van der Waals surface area (Å²) in [5.41, 5.74) is 0.761. The summed E-state index contributed by atoms with van der Waals surface area (Å²) in [6, 6.07) is 7.88. The molecule has 1 atom stereocenters. The van der Waals surface area contributed by atoms with Gasteiger partial charge in [-0.3, -0.25) is 0 Å². The lowest BCUT2D eigenvalue weighted by molar-refractivity contribution is -0.113.